The van der Waals surface area contributed by atoms with Gasteiger partial charge in [-0.15, -0.1) is 0 Å². The number of carbonyl (C=O) groups is 2. The topological polar surface area (TPSA) is 81.7 Å². The first-order valence-corrected chi connectivity index (χ1v) is 6.11. The Morgan fingerprint density at radius 2 is 2.00 bits per heavy atom. The number of amides is 1. The van der Waals surface area contributed by atoms with E-state index in [0.29, 0.717) is 12.7 Å². The van der Waals surface area contributed by atoms with Crippen LogP contribution in [-0.4, -0.2) is 32.2 Å². The fourth-order valence-electron chi connectivity index (χ4n) is 0.953. The first kappa shape index (κ1) is 14.3. The van der Waals surface area contributed by atoms with Gasteiger partial charge in [-0.2, -0.15) is 0 Å². The number of aldehydes is 1. The van der Waals surface area contributed by atoms with Crippen LogP contribution in [0.3, 0.4) is 0 Å². The minimum absolute atomic E-state index is 0.262. The van der Waals surface area contributed by atoms with Crippen LogP contribution in [0, 0.1) is 0 Å². The Morgan fingerprint density at radius 3 is 2.33 bits per heavy atom. The molecule has 1 amide bonds. The van der Waals surface area contributed by atoms with Crippen molar-refractivity contribution < 1.29 is 23.2 Å². The summed E-state index contributed by atoms with van der Waals surface area (Å²) in [5, 5.41) is 2.29. The fraction of sp³-hybridized carbons (Fsp3) is 0.750. The molecule has 0 aromatic rings. The lowest BCUT2D eigenvalue weighted by molar-refractivity contribution is -0.123. The maximum absolute atomic E-state index is 11.7. The predicted molar refractivity (Wildman–Crippen MR) is 54.5 cm³/mol. The van der Waals surface area contributed by atoms with Crippen molar-refractivity contribution in [3.05, 3.63) is 0 Å². The van der Waals surface area contributed by atoms with Gasteiger partial charge in [-0.1, -0.05) is 6.92 Å². The van der Waals surface area contributed by atoms with E-state index in [4.69, 9.17) is 0 Å². The lowest BCUT2D eigenvalue weighted by atomic mass is 10.3. The Bertz CT molecular complexity index is 260. The van der Waals surface area contributed by atoms with Gasteiger partial charge in [0.15, 0.2) is 12.1 Å². The largest absolute Gasteiger partial charge is 0.359 e. The van der Waals surface area contributed by atoms with Crippen molar-refractivity contribution in [3.63, 3.8) is 0 Å². The molecule has 0 heterocycles. The predicted octanol–water partition coefficient (Wildman–Crippen LogP) is 0.914. The summed E-state index contributed by atoms with van der Waals surface area (Å²) in [7, 11) is -1.25. The van der Waals surface area contributed by atoms with Gasteiger partial charge < -0.3 is 19.2 Å². The molecule has 15 heavy (non-hydrogen) atoms. The SMILES string of the molecule is CCCC(=O)NC(C=O)P(=O)(OC)OC. The zero-order valence-electron chi connectivity index (χ0n) is 9.06. The summed E-state index contributed by atoms with van der Waals surface area (Å²) in [5.74, 6) is -1.60. The zero-order chi connectivity index (χ0) is 11.9. The molecule has 0 saturated heterocycles. The second kappa shape index (κ2) is 6.71. The van der Waals surface area contributed by atoms with Crippen LogP contribution in [0.15, 0.2) is 0 Å². The minimum Gasteiger partial charge on any atom is -0.336 e. The summed E-state index contributed by atoms with van der Waals surface area (Å²) in [6.07, 6.45) is 1.25. The molecular weight excluding hydrogens is 221 g/mol. The van der Waals surface area contributed by atoms with Gasteiger partial charge in [0.2, 0.25) is 5.91 Å². The average Bonchev–Trinajstić information content (AvgIpc) is 2.25. The van der Waals surface area contributed by atoms with Crippen molar-refractivity contribution in [2.45, 2.75) is 25.5 Å². The molecule has 7 heteroatoms. The molecule has 0 bridgehead atoms. The maximum Gasteiger partial charge on any atom is 0.359 e. The number of rotatable bonds is 7. The molecule has 0 fully saturated rings. The van der Waals surface area contributed by atoms with E-state index in [0.717, 1.165) is 14.2 Å². The molecule has 0 aliphatic rings. The van der Waals surface area contributed by atoms with Crippen LogP contribution >= 0.6 is 7.60 Å². The average molecular weight is 237 g/mol. The lowest BCUT2D eigenvalue weighted by Gasteiger charge is -2.20. The lowest BCUT2D eigenvalue weighted by Crippen LogP contribution is -2.36. The van der Waals surface area contributed by atoms with E-state index in [9.17, 15) is 14.2 Å². The van der Waals surface area contributed by atoms with E-state index in [2.05, 4.69) is 14.4 Å². The van der Waals surface area contributed by atoms with E-state index >= 15 is 0 Å². The number of hydrogen-bond acceptors (Lipinski definition) is 5. The molecule has 1 N–H and O–H groups in total. The molecule has 0 radical (unpaired) electrons. The molecular formula is C8H16NO5P. The van der Waals surface area contributed by atoms with Crippen LogP contribution in [0.25, 0.3) is 0 Å². The minimum atomic E-state index is -3.57. The number of nitrogens with one attached hydrogen (secondary N) is 1. The van der Waals surface area contributed by atoms with Gasteiger partial charge in [0.1, 0.15) is 0 Å². The third-order valence-electron chi connectivity index (χ3n) is 1.76. The van der Waals surface area contributed by atoms with Gasteiger partial charge in [0.05, 0.1) is 0 Å². The molecule has 1 unspecified atom stereocenters. The third kappa shape index (κ3) is 4.11. The molecule has 0 spiro atoms. The normalized spacial score (nSPS) is 13.3. The Morgan fingerprint density at radius 1 is 1.47 bits per heavy atom. The van der Waals surface area contributed by atoms with Crippen LogP contribution in [0.5, 0.6) is 0 Å². The van der Waals surface area contributed by atoms with Crippen molar-refractivity contribution in [3.8, 4) is 0 Å². The van der Waals surface area contributed by atoms with Crippen molar-refractivity contribution in [1.82, 2.24) is 5.32 Å². The summed E-state index contributed by atoms with van der Waals surface area (Å²) in [6, 6.07) is 0. The van der Waals surface area contributed by atoms with E-state index in [1.54, 1.807) is 0 Å². The number of carbonyl (C=O) groups excluding carboxylic acids is 2. The van der Waals surface area contributed by atoms with Crippen molar-refractivity contribution in [2.75, 3.05) is 14.2 Å². The van der Waals surface area contributed by atoms with E-state index in [1.807, 2.05) is 6.92 Å². The monoisotopic (exact) mass is 237 g/mol. The highest BCUT2D eigenvalue weighted by Crippen LogP contribution is 2.49. The smallest absolute Gasteiger partial charge is 0.336 e. The second-order valence-corrected chi connectivity index (χ2v) is 5.17. The number of hydrogen-bond donors (Lipinski definition) is 1. The highest BCUT2D eigenvalue weighted by atomic mass is 31.2. The summed E-state index contributed by atoms with van der Waals surface area (Å²) in [5.41, 5.74) is 0. The summed E-state index contributed by atoms with van der Waals surface area (Å²) in [6.45, 7) is 1.82. The standard InChI is InChI=1S/C8H16NO5P/c1-4-5-7(11)9-8(6-10)15(12,13-2)14-3/h6,8H,4-5H2,1-3H3,(H,9,11). The maximum atomic E-state index is 11.7. The quantitative estimate of drug-likeness (QED) is 0.525. The van der Waals surface area contributed by atoms with E-state index in [1.165, 1.54) is 0 Å². The fourth-order valence-corrected chi connectivity index (χ4v) is 2.01. The highest BCUT2D eigenvalue weighted by molar-refractivity contribution is 7.55. The van der Waals surface area contributed by atoms with Crippen LogP contribution < -0.4 is 5.32 Å². The van der Waals surface area contributed by atoms with Crippen molar-refractivity contribution in [2.24, 2.45) is 0 Å². The molecule has 0 aliphatic heterocycles. The van der Waals surface area contributed by atoms with Gasteiger partial charge in [-0.05, 0) is 6.42 Å². The highest BCUT2D eigenvalue weighted by Gasteiger charge is 2.34. The van der Waals surface area contributed by atoms with Gasteiger partial charge in [-0.25, -0.2) is 0 Å². The van der Waals surface area contributed by atoms with Gasteiger partial charge in [-0.3, -0.25) is 9.36 Å². The van der Waals surface area contributed by atoms with Crippen molar-refractivity contribution in [1.29, 1.82) is 0 Å². The Kier molecular flexibility index (Phi) is 6.40. The van der Waals surface area contributed by atoms with Gasteiger partial charge in [0, 0.05) is 20.6 Å². The van der Waals surface area contributed by atoms with E-state index < -0.39 is 13.4 Å². The molecule has 1 atom stereocenters. The molecule has 6 nitrogen and oxygen atoms in total. The van der Waals surface area contributed by atoms with Crippen LogP contribution in [-0.2, 0) is 23.2 Å². The first-order valence-electron chi connectivity index (χ1n) is 4.49. The van der Waals surface area contributed by atoms with Crippen LogP contribution in [0.2, 0.25) is 0 Å². The van der Waals surface area contributed by atoms with Crippen LogP contribution in [0.4, 0.5) is 0 Å². The summed E-state index contributed by atoms with van der Waals surface area (Å²) < 4.78 is 20.9. The van der Waals surface area contributed by atoms with E-state index in [-0.39, 0.29) is 12.3 Å². The molecule has 0 rings (SSSR count). The Labute approximate surface area is 88.9 Å². The molecule has 88 valence electrons. The molecule has 0 aliphatic carbocycles. The molecule has 0 aromatic heterocycles. The zero-order valence-corrected chi connectivity index (χ0v) is 9.95. The van der Waals surface area contributed by atoms with Crippen LogP contribution in [0.1, 0.15) is 19.8 Å². The second-order valence-electron chi connectivity index (χ2n) is 2.80. The molecule has 0 aromatic carbocycles. The Balaban J connectivity index is 4.55. The third-order valence-corrected chi connectivity index (χ3v) is 3.71. The first-order chi connectivity index (χ1) is 7.03. The Hall–Kier alpha value is -0.710. The molecule has 0 saturated carbocycles. The summed E-state index contributed by atoms with van der Waals surface area (Å²) in [4.78, 5) is 21.9. The van der Waals surface area contributed by atoms with Gasteiger partial charge in [0.25, 0.3) is 0 Å². The van der Waals surface area contributed by atoms with Gasteiger partial charge >= 0.3 is 7.60 Å². The van der Waals surface area contributed by atoms with Crippen molar-refractivity contribution >= 4 is 19.8 Å². The summed E-state index contributed by atoms with van der Waals surface area (Å²) >= 11 is 0.